The van der Waals surface area contributed by atoms with E-state index >= 15 is 4.39 Å². The topological polar surface area (TPSA) is 129 Å². The second-order valence-corrected chi connectivity index (χ2v) is 13.9. The Balaban J connectivity index is 1.19. The summed E-state index contributed by atoms with van der Waals surface area (Å²) < 4.78 is 27.6. The summed E-state index contributed by atoms with van der Waals surface area (Å²) in [5, 5.41) is 7.90. The number of hydrogen-bond donors (Lipinski definition) is 2. The Kier molecular flexibility index (Phi) is 13.4. The van der Waals surface area contributed by atoms with Crippen molar-refractivity contribution in [1.29, 1.82) is 0 Å². The normalized spacial score (nSPS) is 13.0. The van der Waals surface area contributed by atoms with Gasteiger partial charge in [0.15, 0.2) is 0 Å². The van der Waals surface area contributed by atoms with Crippen molar-refractivity contribution in [1.82, 2.24) is 15.1 Å². The molecule has 0 unspecified atom stereocenters. The molecular formula is C37H40Cl2FN5O5S. The molecular weight excluding hydrogens is 716 g/mol. The summed E-state index contributed by atoms with van der Waals surface area (Å²) in [6, 6.07) is 13.2. The van der Waals surface area contributed by atoms with Crippen molar-refractivity contribution >= 4 is 58.4 Å². The molecule has 1 aliphatic heterocycles. The van der Waals surface area contributed by atoms with Gasteiger partial charge in [-0.25, -0.2) is 4.39 Å². The minimum atomic E-state index is -0.770. The van der Waals surface area contributed by atoms with E-state index in [1.807, 2.05) is 54.4 Å². The number of aromatic nitrogens is 2. The third-order valence-corrected chi connectivity index (χ3v) is 10.2. The summed E-state index contributed by atoms with van der Waals surface area (Å²) in [4.78, 5) is 40.5. The summed E-state index contributed by atoms with van der Waals surface area (Å²) in [6.07, 6.45) is 5.19. The molecule has 51 heavy (non-hydrogen) atoms. The number of halogens is 3. The van der Waals surface area contributed by atoms with Crippen LogP contribution in [-0.2, 0) is 20.9 Å². The smallest absolute Gasteiger partial charge is 0.322 e. The van der Waals surface area contributed by atoms with E-state index in [9.17, 15) is 14.4 Å². The Labute approximate surface area is 310 Å². The van der Waals surface area contributed by atoms with Gasteiger partial charge in [0.2, 0.25) is 5.91 Å². The van der Waals surface area contributed by atoms with Crippen LogP contribution in [0.2, 0.25) is 10.0 Å². The molecule has 0 fully saturated rings. The molecule has 2 amide bonds. The second kappa shape index (κ2) is 17.9. The predicted molar refractivity (Wildman–Crippen MR) is 198 cm³/mol. The fourth-order valence-electron chi connectivity index (χ4n) is 5.65. The molecule has 1 aliphatic rings. The van der Waals surface area contributed by atoms with E-state index in [1.54, 1.807) is 29.6 Å². The van der Waals surface area contributed by atoms with Crippen LogP contribution in [-0.4, -0.2) is 65.7 Å². The van der Waals surface area contributed by atoms with Crippen LogP contribution in [0.1, 0.15) is 54.1 Å². The third kappa shape index (κ3) is 9.62. The number of rotatable bonds is 15. The van der Waals surface area contributed by atoms with Crippen molar-refractivity contribution in [2.75, 3.05) is 37.0 Å². The van der Waals surface area contributed by atoms with Gasteiger partial charge in [-0.05, 0) is 63.4 Å². The number of nitrogens with two attached hydrogens (primary N) is 1. The monoisotopic (exact) mass is 755 g/mol. The molecule has 10 nitrogen and oxygen atoms in total. The van der Waals surface area contributed by atoms with Crippen LogP contribution in [0.25, 0.3) is 11.1 Å². The minimum Gasteiger partial charge on any atom is -0.493 e. The molecule has 1 aromatic heterocycles. The first-order valence-corrected chi connectivity index (χ1v) is 18.5. The van der Waals surface area contributed by atoms with Crippen LogP contribution in [0, 0.1) is 12.7 Å². The summed E-state index contributed by atoms with van der Waals surface area (Å²) in [5.74, 6) is -0.136. The number of hydrogen-bond acceptors (Lipinski definition) is 8. The van der Waals surface area contributed by atoms with E-state index in [-0.39, 0.29) is 41.8 Å². The summed E-state index contributed by atoms with van der Waals surface area (Å²) in [7, 11) is 0. The lowest BCUT2D eigenvalue weighted by Crippen LogP contribution is -2.35. The maximum Gasteiger partial charge on any atom is 0.322 e. The molecule has 3 N–H and O–H groups in total. The summed E-state index contributed by atoms with van der Waals surface area (Å²) >= 11 is 14.3. The number of benzene rings is 3. The van der Waals surface area contributed by atoms with Crippen LogP contribution in [0.3, 0.4) is 0 Å². The van der Waals surface area contributed by atoms with Crippen LogP contribution >= 0.6 is 35.0 Å². The van der Waals surface area contributed by atoms with Gasteiger partial charge < -0.3 is 25.4 Å². The van der Waals surface area contributed by atoms with Gasteiger partial charge in [0.05, 0.1) is 31.6 Å². The Hall–Kier alpha value is -4.10. The van der Waals surface area contributed by atoms with Crippen LogP contribution < -0.4 is 20.7 Å². The van der Waals surface area contributed by atoms with Gasteiger partial charge in [-0.3, -0.25) is 19.1 Å². The van der Waals surface area contributed by atoms with Crippen molar-refractivity contribution < 1.29 is 28.2 Å². The number of thioether (sulfide) groups is 1. The van der Waals surface area contributed by atoms with E-state index in [4.69, 9.17) is 38.4 Å². The number of amides is 2. The number of carbonyl (C=O) groups excluding carboxylic acids is 3. The van der Waals surface area contributed by atoms with Gasteiger partial charge in [-0.2, -0.15) is 5.10 Å². The van der Waals surface area contributed by atoms with Crippen LogP contribution in [0.15, 0.2) is 65.8 Å². The molecule has 0 spiro atoms. The molecule has 0 saturated carbocycles. The van der Waals surface area contributed by atoms with Gasteiger partial charge in [-0.15, -0.1) is 11.8 Å². The first-order valence-electron chi connectivity index (χ1n) is 16.7. The molecule has 0 saturated heterocycles. The number of fused-ring (bicyclic) bond motifs is 1. The Morgan fingerprint density at radius 3 is 2.71 bits per heavy atom. The fourth-order valence-corrected chi connectivity index (χ4v) is 7.23. The number of esters is 1. The van der Waals surface area contributed by atoms with Gasteiger partial charge >= 0.3 is 5.97 Å². The first-order chi connectivity index (χ1) is 24.6. The van der Waals surface area contributed by atoms with Gasteiger partial charge in [-0.1, -0.05) is 41.4 Å². The Morgan fingerprint density at radius 2 is 1.92 bits per heavy atom. The number of ether oxygens (including phenoxy) is 2. The maximum atomic E-state index is 15.3. The molecule has 0 bridgehead atoms. The lowest BCUT2D eigenvalue weighted by molar-refractivity contribution is -0.144. The quantitative estimate of drug-likeness (QED) is 0.0976. The van der Waals surface area contributed by atoms with Crippen molar-refractivity contribution in [3.05, 3.63) is 93.5 Å². The molecule has 5 rings (SSSR count). The third-order valence-electron chi connectivity index (χ3n) is 8.39. The molecule has 14 heteroatoms. The average Bonchev–Trinajstić information content (AvgIpc) is 3.59. The molecule has 270 valence electrons. The maximum absolute atomic E-state index is 15.3. The van der Waals surface area contributed by atoms with Gasteiger partial charge in [0.25, 0.3) is 5.91 Å². The van der Waals surface area contributed by atoms with Crippen molar-refractivity contribution in [2.45, 2.75) is 57.0 Å². The summed E-state index contributed by atoms with van der Waals surface area (Å²) in [6.45, 7) is 5.14. The van der Waals surface area contributed by atoms with Crippen LogP contribution in [0.4, 0.5) is 10.1 Å². The zero-order valence-corrected chi connectivity index (χ0v) is 30.8. The number of nitrogens with one attached hydrogen (secondary N) is 1. The van der Waals surface area contributed by atoms with Crippen molar-refractivity contribution in [3.8, 4) is 16.9 Å². The van der Waals surface area contributed by atoms with E-state index in [2.05, 4.69) is 10.4 Å². The van der Waals surface area contributed by atoms with Crippen LogP contribution in [0.5, 0.6) is 5.75 Å². The molecule has 0 aliphatic carbocycles. The average molecular weight is 757 g/mol. The lowest BCUT2D eigenvalue weighted by atomic mass is 10.1. The van der Waals surface area contributed by atoms with Gasteiger partial charge in [0.1, 0.15) is 17.6 Å². The second-order valence-electron chi connectivity index (χ2n) is 12.0. The highest BCUT2D eigenvalue weighted by molar-refractivity contribution is 7.99. The fraction of sp³-hybridized carbons (Fsp3) is 0.351. The Morgan fingerprint density at radius 1 is 1.12 bits per heavy atom. The Bertz CT molecular complexity index is 1870. The zero-order valence-electron chi connectivity index (χ0n) is 28.4. The molecule has 3 aromatic carbocycles. The molecule has 1 atom stereocenters. The van der Waals surface area contributed by atoms with Crippen molar-refractivity contribution in [2.24, 2.45) is 5.73 Å². The van der Waals surface area contributed by atoms with E-state index in [0.29, 0.717) is 49.6 Å². The van der Waals surface area contributed by atoms with Crippen molar-refractivity contribution in [3.63, 3.8) is 0 Å². The molecule has 0 radical (unpaired) electrons. The van der Waals surface area contributed by atoms with Gasteiger partial charge in [0, 0.05) is 74.2 Å². The predicted octanol–water partition coefficient (Wildman–Crippen LogP) is 7.05. The first kappa shape index (κ1) is 38.1. The number of nitrogens with zero attached hydrogens (tertiary/aromatic N) is 3. The highest BCUT2D eigenvalue weighted by Crippen LogP contribution is 2.42. The highest BCUT2D eigenvalue weighted by atomic mass is 35.5. The molecule has 2 heterocycles. The largest absolute Gasteiger partial charge is 0.493 e. The number of carbonyl (C=O) groups is 3. The zero-order chi connectivity index (χ0) is 36.5. The van der Waals surface area contributed by atoms with E-state index in [0.717, 1.165) is 39.1 Å². The SMILES string of the molecule is CCOC(=O)[C@@H](N)CCCNC(=O)c1cc(F)c(Cn2cc(-c3cccc4c3SCCN4C(=O)CCCOc3cccc(Cl)c3C)cn2)c(Cl)c1. The van der Waals surface area contributed by atoms with E-state index in [1.165, 1.54) is 6.07 Å². The molecule has 4 aromatic rings. The summed E-state index contributed by atoms with van der Waals surface area (Å²) in [5.41, 5.74) is 9.51. The minimum absolute atomic E-state index is 0.0243. The lowest BCUT2D eigenvalue weighted by Gasteiger charge is -2.30. The van der Waals surface area contributed by atoms with E-state index < -0.39 is 23.7 Å². The number of anilines is 1. The highest BCUT2D eigenvalue weighted by Gasteiger charge is 2.26. The standard InChI is InChI=1S/C37H40Cl2FN5O5S/c1-3-49-37(48)31(41)10-6-14-42-36(47)24-18-29(39)27(30(40)19-24)22-44-21-25(20-43-44)26-8-4-11-32-35(26)51-17-15-45(32)34(46)13-7-16-50-33-12-5-9-28(38)23(33)2/h4-5,8-9,11-12,18-21,31H,3,6-7,10,13-17,22,41H2,1-2H3,(H,42,47)/t31-/m0/s1.